The van der Waals surface area contributed by atoms with Gasteiger partial charge in [-0.2, -0.15) is 0 Å². The van der Waals surface area contributed by atoms with Crippen LogP contribution in [-0.4, -0.2) is 38.6 Å². The minimum absolute atomic E-state index is 0.0930. The Bertz CT molecular complexity index is 922. The minimum Gasteiger partial charge on any atom is -0.352 e. The van der Waals surface area contributed by atoms with E-state index in [9.17, 15) is 18.0 Å². The van der Waals surface area contributed by atoms with Crippen molar-refractivity contribution < 1.29 is 18.0 Å². The number of hydrogen-bond acceptors (Lipinski definition) is 4. The van der Waals surface area contributed by atoms with E-state index < -0.39 is 10.0 Å². The molecule has 0 bridgehead atoms. The maximum absolute atomic E-state index is 12.4. The highest BCUT2D eigenvalue weighted by molar-refractivity contribution is 7.89. The second-order valence-electron chi connectivity index (χ2n) is 6.18. The van der Waals surface area contributed by atoms with E-state index in [1.165, 1.54) is 27.1 Å². The molecule has 2 amide bonds. The molecule has 0 fully saturated rings. The van der Waals surface area contributed by atoms with Gasteiger partial charge in [-0.1, -0.05) is 30.3 Å². The molecule has 0 saturated heterocycles. The summed E-state index contributed by atoms with van der Waals surface area (Å²) in [6, 6.07) is 13.4. The fourth-order valence-electron chi connectivity index (χ4n) is 2.38. The number of rotatable bonds is 7. The van der Waals surface area contributed by atoms with Crippen LogP contribution in [-0.2, 0) is 27.9 Å². The van der Waals surface area contributed by atoms with Gasteiger partial charge < -0.3 is 10.6 Å². The second-order valence-corrected chi connectivity index (χ2v) is 8.30. The molecular weight excluding hydrogens is 366 g/mol. The van der Waals surface area contributed by atoms with Crippen LogP contribution in [0.5, 0.6) is 0 Å². The standard InChI is InChI=1S/C19H23N3O4S/c1-14(23)20-12-15-8-10-16(11-9-15)19(24)21-13-17-6-4-5-7-18(17)27(25,26)22(2)3/h4-11H,12-13H2,1-3H3,(H,20,23)(H,21,24). The third-order valence-corrected chi connectivity index (χ3v) is 5.84. The second kappa shape index (κ2) is 8.79. The van der Waals surface area contributed by atoms with Crippen molar-refractivity contribution in [2.24, 2.45) is 0 Å². The van der Waals surface area contributed by atoms with Gasteiger partial charge in [0.2, 0.25) is 15.9 Å². The molecule has 7 nitrogen and oxygen atoms in total. The van der Waals surface area contributed by atoms with E-state index in [1.54, 1.807) is 42.5 Å². The molecule has 0 aliphatic heterocycles. The Hall–Kier alpha value is -2.71. The molecular formula is C19H23N3O4S. The van der Waals surface area contributed by atoms with Crippen molar-refractivity contribution in [1.29, 1.82) is 0 Å². The van der Waals surface area contributed by atoms with Crippen molar-refractivity contribution in [3.63, 3.8) is 0 Å². The third kappa shape index (κ3) is 5.38. The Morgan fingerprint density at radius 3 is 2.15 bits per heavy atom. The van der Waals surface area contributed by atoms with Crippen molar-refractivity contribution in [3.8, 4) is 0 Å². The first-order valence-corrected chi connectivity index (χ1v) is 9.78. The lowest BCUT2D eigenvalue weighted by atomic mass is 10.1. The summed E-state index contributed by atoms with van der Waals surface area (Å²) in [5.41, 5.74) is 1.85. The smallest absolute Gasteiger partial charge is 0.251 e. The van der Waals surface area contributed by atoms with Gasteiger partial charge in [0.25, 0.3) is 5.91 Å². The van der Waals surface area contributed by atoms with Crippen LogP contribution in [0.3, 0.4) is 0 Å². The molecule has 0 aromatic heterocycles. The SMILES string of the molecule is CC(=O)NCc1ccc(C(=O)NCc2ccccc2S(=O)(=O)N(C)C)cc1. The molecule has 0 radical (unpaired) electrons. The number of nitrogens with one attached hydrogen (secondary N) is 2. The molecule has 0 spiro atoms. The summed E-state index contributed by atoms with van der Waals surface area (Å²) in [6.07, 6.45) is 0. The van der Waals surface area contributed by atoms with Gasteiger partial charge in [-0.25, -0.2) is 12.7 Å². The minimum atomic E-state index is -3.59. The van der Waals surface area contributed by atoms with Gasteiger partial charge in [-0.15, -0.1) is 0 Å². The van der Waals surface area contributed by atoms with Crippen LogP contribution in [0.15, 0.2) is 53.4 Å². The molecule has 2 aromatic rings. The lowest BCUT2D eigenvalue weighted by Gasteiger charge is -2.15. The lowest BCUT2D eigenvalue weighted by Crippen LogP contribution is -2.27. The van der Waals surface area contributed by atoms with Crippen LogP contribution >= 0.6 is 0 Å². The highest BCUT2D eigenvalue weighted by Gasteiger charge is 2.20. The zero-order valence-corrected chi connectivity index (χ0v) is 16.3. The van der Waals surface area contributed by atoms with Crippen molar-refractivity contribution in [2.45, 2.75) is 24.9 Å². The van der Waals surface area contributed by atoms with Crippen LogP contribution in [0.2, 0.25) is 0 Å². The van der Waals surface area contributed by atoms with Gasteiger partial charge in [0.15, 0.2) is 0 Å². The zero-order valence-electron chi connectivity index (χ0n) is 15.5. The third-order valence-electron chi connectivity index (χ3n) is 3.93. The number of carbonyl (C=O) groups is 2. The molecule has 0 heterocycles. The Labute approximate surface area is 159 Å². The summed E-state index contributed by atoms with van der Waals surface area (Å²) in [5, 5.41) is 5.43. The maximum atomic E-state index is 12.4. The van der Waals surface area contributed by atoms with Crippen molar-refractivity contribution in [2.75, 3.05) is 14.1 Å². The summed E-state index contributed by atoms with van der Waals surface area (Å²) < 4.78 is 25.9. The zero-order chi connectivity index (χ0) is 20.0. The molecule has 2 rings (SSSR count). The summed E-state index contributed by atoms with van der Waals surface area (Å²) >= 11 is 0. The lowest BCUT2D eigenvalue weighted by molar-refractivity contribution is -0.119. The van der Waals surface area contributed by atoms with Crippen molar-refractivity contribution in [1.82, 2.24) is 14.9 Å². The molecule has 0 saturated carbocycles. The van der Waals surface area contributed by atoms with Crippen LogP contribution in [0, 0.1) is 0 Å². The van der Waals surface area contributed by atoms with Crippen LogP contribution in [0.25, 0.3) is 0 Å². The van der Waals surface area contributed by atoms with Gasteiger partial charge in [0.05, 0.1) is 4.90 Å². The molecule has 0 unspecified atom stereocenters. The maximum Gasteiger partial charge on any atom is 0.251 e. The number of nitrogens with zero attached hydrogens (tertiary/aromatic N) is 1. The first-order valence-electron chi connectivity index (χ1n) is 8.34. The topological polar surface area (TPSA) is 95.6 Å². The number of hydrogen-bond donors (Lipinski definition) is 2. The summed E-state index contributed by atoms with van der Waals surface area (Å²) in [4.78, 5) is 23.4. The number of sulfonamides is 1. The monoisotopic (exact) mass is 389 g/mol. The molecule has 2 aromatic carbocycles. The van der Waals surface area contributed by atoms with E-state index in [2.05, 4.69) is 10.6 Å². The predicted molar refractivity (Wildman–Crippen MR) is 102 cm³/mol. The van der Waals surface area contributed by atoms with E-state index in [0.29, 0.717) is 17.7 Å². The van der Waals surface area contributed by atoms with Gasteiger partial charge in [0, 0.05) is 39.7 Å². The summed E-state index contributed by atoms with van der Waals surface area (Å²) in [7, 11) is -0.661. The number of amides is 2. The Kier molecular flexibility index (Phi) is 6.70. The van der Waals surface area contributed by atoms with Gasteiger partial charge in [0.1, 0.15) is 0 Å². The van der Waals surface area contributed by atoms with E-state index >= 15 is 0 Å². The highest BCUT2D eigenvalue weighted by atomic mass is 32.2. The number of benzene rings is 2. The first kappa shape index (κ1) is 20.6. The number of carbonyl (C=O) groups excluding carboxylic acids is 2. The van der Waals surface area contributed by atoms with E-state index in [0.717, 1.165) is 9.87 Å². The van der Waals surface area contributed by atoms with Crippen LogP contribution in [0.1, 0.15) is 28.4 Å². The van der Waals surface area contributed by atoms with Crippen molar-refractivity contribution >= 4 is 21.8 Å². The largest absolute Gasteiger partial charge is 0.352 e. The Balaban J connectivity index is 2.07. The van der Waals surface area contributed by atoms with Crippen LogP contribution in [0.4, 0.5) is 0 Å². The van der Waals surface area contributed by atoms with Crippen LogP contribution < -0.4 is 10.6 Å². The van der Waals surface area contributed by atoms with Crippen molar-refractivity contribution in [3.05, 3.63) is 65.2 Å². The molecule has 0 aliphatic rings. The molecule has 144 valence electrons. The van der Waals surface area contributed by atoms with Gasteiger partial charge in [-0.3, -0.25) is 9.59 Å². The fourth-order valence-corrected chi connectivity index (χ4v) is 3.49. The first-order chi connectivity index (χ1) is 12.7. The Morgan fingerprint density at radius 2 is 1.56 bits per heavy atom. The molecule has 2 N–H and O–H groups in total. The highest BCUT2D eigenvalue weighted by Crippen LogP contribution is 2.18. The van der Waals surface area contributed by atoms with Gasteiger partial charge >= 0.3 is 0 Å². The average molecular weight is 389 g/mol. The van der Waals surface area contributed by atoms with Gasteiger partial charge in [-0.05, 0) is 29.3 Å². The van der Waals surface area contributed by atoms with E-state index in [1.807, 2.05) is 0 Å². The van der Waals surface area contributed by atoms with E-state index in [4.69, 9.17) is 0 Å². The molecule has 0 atom stereocenters. The molecule has 27 heavy (non-hydrogen) atoms. The summed E-state index contributed by atoms with van der Waals surface area (Å²) in [6.45, 7) is 1.93. The summed E-state index contributed by atoms with van der Waals surface area (Å²) in [5.74, 6) is -0.429. The van der Waals surface area contributed by atoms with E-state index in [-0.39, 0.29) is 23.3 Å². The quantitative estimate of drug-likeness (QED) is 0.750. The molecule has 8 heteroatoms. The normalized spacial score (nSPS) is 11.3. The Morgan fingerprint density at radius 1 is 0.926 bits per heavy atom. The fraction of sp³-hybridized carbons (Fsp3) is 0.263. The average Bonchev–Trinajstić information content (AvgIpc) is 2.64. The predicted octanol–water partition coefficient (Wildman–Crippen LogP) is 1.50. The molecule has 0 aliphatic carbocycles.